The Morgan fingerprint density at radius 3 is 1.65 bits per heavy atom. The molecule has 0 heterocycles. The highest BCUT2D eigenvalue weighted by atomic mass is 14.6. The number of hydrogen-bond donors (Lipinski definition) is 1. The third-order valence-electron chi connectivity index (χ3n) is 7.35. The van der Waals surface area contributed by atoms with Gasteiger partial charge < -0.3 is 5.73 Å². The summed E-state index contributed by atoms with van der Waals surface area (Å²) in [5, 5.41) is 0. The molecule has 4 aromatic carbocycles. The van der Waals surface area contributed by atoms with E-state index in [1.54, 1.807) is 0 Å². The van der Waals surface area contributed by atoms with Crippen LogP contribution in [-0.4, -0.2) is 0 Å². The van der Waals surface area contributed by atoms with Crippen molar-refractivity contribution in [2.24, 2.45) is 0 Å². The van der Waals surface area contributed by atoms with Crippen LogP contribution in [0.15, 0.2) is 91.0 Å². The molecule has 1 heteroatoms. The summed E-state index contributed by atoms with van der Waals surface area (Å²) in [5.41, 5.74) is 17.5. The zero-order chi connectivity index (χ0) is 24.3. The van der Waals surface area contributed by atoms with Gasteiger partial charge in [-0.25, -0.2) is 0 Å². The van der Waals surface area contributed by atoms with E-state index in [0.29, 0.717) is 0 Å². The molecular formula is C33H35N. The van der Waals surface area contributed by atoms with Crippen LogP contribution >= 0.6 is 0 Å². The van der Waals surface area contributed by atoms with Gasteiger partial charge in [0.1, 0.15) is 0 Å². The number of nitrogens with two attached hydrogens (primary N) is 1. The number of hydrogen-bond acceptors (Lipinski definition) is 1. The van der Waals surface area contributed by atoms with E-state index in [-0.39, 0.29) is 10.8 Å². The topological polar surface area (TPSA) is 26.0 Å². The van der Waals surface area contributed by atoms with E-state index in [2.05, 4.69) is 133 Å². The minimum absolute atomic E-state index is 0.00649. The molecule has 34 heavy (non-hydrogen) atoms. The van der Waals surface area contributed by atoms with Crippen molar-refractivity contribution in [1.29, 1.82) is 0 Å². The Morgan fingerprint density at radius 1 is 0.588 bits per heavy atom. The predicted octanol–water partition coefficient (Wildman–Crippen LogP) is 8.23. The lowest BCUT2D eigenvalue weighted by Gasteiger charge is -2.36. The summed E-state index contributed by atoms with van der Waals surface area (Å²) in [6.07, 6.45) is 0. The second-order valence-corrected chi connectivity index (χ2v) is 11.7. The fourth-order valence-corrected chi connectivity index (χ4v) is 5.65. The molecule has 5 rings (SSSR count). The first-order valence-electron chi connectivity index (χ1n) is 12.3. The fourth-order valence-electron chi connectivity index (χ4n) is 5.65. The molecule has 0 fully saturated rings. The molecule has 4 aromatic rings. The van der Waals surface area contributed by atoms with Crippen molar-refractivity contribution in [3.63, 3.8) is 0 Å². The number of anilines is 1. The molecular weight excluding hydrogens is 410 g/mol. The largest absolute Gasteiger partial charge is 0.399 e. The average molecular weight is 446 g/mol. The third kappa shape index (κ3) is 3.29. The van der Waals surface area contributed by atoms with E-state index < -0.39 is 5.41 Å². The van der Waals surface area contributed by atoms with Gasteiger partial charge in [-0.2, -0.15) is 0 Å². The standard InChI is InChI=1S/C33H35N/c1-31(2,3)24-19-28(32(4,5)6)30-26-18-17-25(34)21-27(26)33(29(30)20-24,22-13-9-7-10-14-22)23-15-11-8-12-16-23/h7-21H,34H2,1-6H3. The van der Waals surface area contributed by atoms with E-state index in [0.717, 1.165) is 5.69 Å². The van der Waals surface area contributed by atoms with Gasteiger partial charge in [0.25, 0.3) is 0 Å². The Morgan fingerprint density at radius 2 is 1.15 bits per heavy atom. The Labute approximate surface area is 204 Å². The molecule has 172 valence electrons. The molecule has 1 nitrogen and oxygen atoms in total. The molecule has 0 spiro atoms. The summed E-state index contributed by atoms with van der Waals surface area (Å²) >= 11 is 0. The van der Waals surface area contributed by atoms with Crippen LogP contribution < -0.4 is 5.73 Å². The van der Waals surface area contributed by atoms with Gasteiger partial charge in [-0.05, 0) is 67.5 Å². The SMILES string of the molecule is CC(C)(C)c1cc(C(C)(C)C)c2c(c1)C(c1ccccc1)(c1ccccc1)c1cc(N)ccc1-2. The zero-order valence-corrected chi connectivity index (χ0v) is 21.2. The second-order valence-electron chi connectivity index (χ2n) is 11.7. The van der Waals surface area contributed by atoms with Crippen molar-refractivity contribution in [2.75, 3.05) is 5.73 Å². The lowest BCUT2D eigenvalue weighted by molar-refractivity contribution is 0.567. The van der Waals surface area contributed by atoms with Crippen LogP contribution in [0.4, 0.5) is 5.69 Å². The first-order valence-corrected chi connectivity index (χ1v) is 12.3. The number of nitrogen functional groups attached to an aromatic ring is 1. The van der Waals surface area contributed by atoms with Crippen molar-refractivity contribution in [3.8, 4) is 11.1 Å². The van der Waals surface area contributed by atoms with Gasteiger partial charge in [0.2, 0.25) is 0 Å². The quantitative estimate of drug-likeness (QED) is 0.272. The number of rotatable bonds is 2. The minimum atomic E-state index is -0.427. The van der Waals surface area contributed by atoms with Gasteiger partial charge >= 0.3 is 0 Å². The zero-order valence-electron chi connectivity index (χ0n) is 21.2. The van der Waals surface area contributed by atoms with Crippen LogP contribution in [0.5, 0.6) is 0 Å². The average Bonchev–Trinajstić information content (AvgIpc) is 3.08. The lowest BCUT2D eigenvalue weighted by Crippen LogP contribution is -2.29. The lowest BCUT2D eigenvalue weighted by atomic mass is 9.66. The third-order valence-corrected chi connectivity index (χ3v) is 7.35. The van der Waals surface area contributed by atoms with Crippen LogP contribution in [0.25, 0.3) is 11.1 Å². The van der Waals surface area contributed by atoms with Gasteiger partial charge in [-0.1, -0.05) is 120 Å². The summed E-state index contributed by atoms with van der Waals surface area (Å²) in [5.74, 6) is 0. The summed E-state index contributed by atoms with van der Waals surface area (Å²) in [6.45, 7) is 13.9. The number of fused-ring (bicyclic) bond motifs is 3. The molecule has 0 amide bonds. The van der Waals surface area contributed by atoms with E-state index in [9.17, 15) is 0 Å². The van der Waals surface area contributed by atoms with Crippen molar-refractivity contribution in [3.05, 3.63) is 124 Å². The van der Waals surface area contributed by atoms with Crippen molar-refractivity contribution >= 4 is 5.69 Å². The van der Waals surface area contributed by atoms with E-state index in [1.807, 2.05) is 0 Å². The summed E-state index contributed by atoms with van der Waals surface area (Å²) in [7, 11) is 0. The first-order chi connectivity index (χ1) is 16.0. The number of benzene rings is 4. The van der Waals surface area contributed by atoms with Crippen molar-refractivity contribution < 1.29 is 0 Å². The maximum absolute atomic E-state index is 6.47. The molecule has 0 aliphatic heterocycles. The van der Waals surface area contributed by atoms with Crippen LogP contribution in [-0.2, 0) is 16.2 Å². The van der Waals surface area contributed by atoms with Crippen LogP contribution in [0.3, 0.4) is 0 Å². The molecule has 1 aliphatic rings. The van der Waals surface area contributed by atoms with E-state index in [4.69, 9.17) is 5.73 Å². The van der Waals surface area contributed by atoms with Gasteiger partial charge in [-0.3, -0.25) is 0 Å². The maximum Gasteiger partial charge on any atom is 0.0714 e. The fraction of sp³-hybridized carbons (Fsp3) is 0.273. The van der Waals surface area contributed by atoms with Crippen LogP contribution in [0.1, 0.15) is 74.9 Å². The van der Waals surface area contributed by atoms with E-state index in [1.165, 1.54) is 44.5 Å². The first kappa shape index (κ1) is 22.5. The highest BCUT2D eigenvalue weighted by Crippen LogP contribution is 2.59. The summed E-state index contributed by atoms with van der Waals surface area (Å²) < 4.78 is 0. The summed E-state index contributed by atoms with van der Waals surface area (Å²) in [6, 6.07) is 33.3. The Kier molecular flexibility index (Phi) is 5.02. The van der Waals surface area contributed by atoms with Gasteiger partial charge in [0.05, 0.1) is 5.41 Å². The Hall–Kier alpha value is -3.32. The second kappa shape index (κ2) is 7.60. The smallest absolute Gasteiger partial charge is 0.0714 e. The molecule has 1 aliphatic carbocycles. The summed E-state index contributed by atoms with van der Waals surface area (Å²) in [4.78, 5) is 0. The molecule has 0 unspecified atom stereocenters. The Bertz CT molecular complexity index is 1310. The molecule has 0 saturated heterocycles. The molecule has 0 saturated carbocycles. The molecule has 0 aromatic heterocycles. The monoisotopic (exact) mass is 445 g/mol. The molecule has 0 radical (unpaired) electrons. The van der Waals surface area contributed by atoms with Crippen LogP contribution in [0, 0.1) is 0 Å². The normalized spacial score (nSPS) is 14.5. The van der Waals surface area contributed by atoms with Gasteiger partial charge in [0.15, 0.2) is 0 Å². The molecule has 2 N–H and O–H groups in total. The van der Waals surface area contributed by atoms with Crippen LogP contribution in [0.2, 0.25) is 0 Å². The highest BCUT2D eigenvalue weighted by molar-refractivity contribution is 5.90. The highest BCUT2D eigenvalue weighted by Gasteiger charge is 2.48. The van der Waals surface area contributed by atoms with Crippen molar-refractivity contribution in [1.82, 2.24) is 0 Å². The van der Waals surface area contributed by atoms with Crippen molar-refractivity contribution in [2.45, 2.75) is 57.8 Å². The molecule has 0 atom stereocenters. The Balaban J connectivity index is 2.05. The maximum atomic E-state index is 6.47. The van der Waals surface area contributed by atoms with Gasteiger partial charge in [0, 0.05) is 5.69 Å². The minimum Gasteiger partial charge on any atom is -0.399 e. The van der Waals surface area contributed by atoms with E-state index >= 15 is 0 Å². The molecule has 0 bridgehead atoms. The van der Waals surface area contributed by atoms with Gasteiger partial charge in [-0.15, -0.1) is 0 Å². The predicted molar refractivity (Wildman–Crippen MR) is 146 cm³/mol.